The van der Waals surface area contributed by atoms with Crippen LogP contribution in [0.4, 0.5) is 0 Å². The lowest BCUT2D eigenvalue weighted by Gasteiger charge is -2.17. The number of nitriles is 3. The molecule has 0 aliphatic rings. The van der Waals surface area contributed by atoms with Gasteiger partial charge in [-0.15, -0.1) is 0 Å². The van der Waals surface area contributed by atoms with Gasteiger partial charge in [0.15, 0.2) is 17.5 Å². The predicted molar refractivity (Wildman–Crippen MR) is 397 cm³/mol. The summed E-state index contributed by atoms with van der Waals surface area (Å²) in [5.74, 6) is 1.31. The average molecular weight is 1250 g/mol. The molecule has 0 fully saturated rings. The van der Waals surface area contributed by atoms with E-state index in [0.717, 1.165) is 150 Å². The summed E-state index contributed by atoms with van der Waals surface area (Å²) in [5.41, 5.74) is 24.3. The van der Waals surface area contributed by atoms with Crippen molar-refractivity contribution in [3.8, 4) is 142 Å². The van der Waals surface area contributed by atoms with Crippen molar-refractivity contribution in [2.45, 2.75) is 0 Å². The molecule has 0 aliphatic heterocycles. The number of rotatable bonds is 12. The Bertz CT molecular complexity index is 5580. The highest BCUT2D eigenvalue weighted by Gasteiger charge is 2.24. The molecule has 454 valence electrons. The molecular weight excluding hydrogens is 1190 g/mol. The largest absolute Gasteiger partial charge is 0.309 e. The highest BCUT2D eigenvalue weighted by molar-refractivity contribution is 6.13. The molecule has 17 aromatic rings. The summed E-state index contributed by atoms with van der Waals surface area (Å²) in [5, 5.41) is 34.5. The van der Waals surface area contributed by atoms with E-state index in [9.17, 15) is 15.8 Å². The average Bonchev–Trinajstić information content (AvgIpc) is 1.30. The van der Waals surface area contributed by atoms with Crippen LogP contribution in [-0.4, -0.2) is 24.1 Å². The van der Waals surface area contributed by atoms with Gasteiger partial charge < -0.3 is 9.13 Å². The smallest absolute Gasteiger partial charge is 0.164 e. The van der Waals surface area contributed by atoms with Gasteiger partial charge in [0.1, 0.15) is 0 Å². The van der Waals surface area contributed by atoms with Crippen LogP contribution in [0.15, 0.2) is 328 Å². The Balaban J connectivity index is 0.892. The third-order valence-corrected chi connectivity index (χ3v) is 18.7. The highest BCUT2D eigenvalue weighted by Crippen LogP contribution is 2.44. The van der Waals surface area contributed by atoms with E-state index >= 15 is 0 Å². The number of nitrogens with zero attached hydrogens (tertiary/aromatic N) is 8. The maximum atomic E-state index is 10.2. The third-order valence-electron chi connectivity index (χ3n) is 18.7. The normalized spacial score (nSPS) is 11.2. The Hall–Kier alpha value is -13.8. The molecule has 0 amide bonds. The van der Waals surface area contributed by atoms with E-state index in [-0.39, 0.29) is 0 Å². The van der Waals surface area contributed by atoms with Crippen molar-refractivity contribution >= 4 is 43.6 Å². The molecule has 0 atom stereocenters. The summed E-state index contributed by atoms with van der Waals surface area (Å²) in [7, 11) is 0. The summed E-state index contributed by atoms with van der Waals surface area (Å²) >= 11 is 0. The fourth-order valence-electron chi connectivity index (χ4n) is 13.8. The lowest BCUT2D eigenvalue weighted by atomic mass is 9.96. The van der Waals surface area contributed by atoms with Crippen LogP contribution in [0.5, 0.6) is 0 Å². The van der Waals surface area contributed by atoms with Gasteiger partial charge in [-0.3, -0.25) is 0 Å². The van der Waals surface area contributed by atoms with Crippen LogP contribution in [0, 0.1) is 34.0 Å². The topological polar surface area (TPSA) is 120 Å². The maximum absolute atomic E-state index is 10.2. The van der Waals surface area contributed by atoms with E-state index in [1.165, 1.54) is 0 Å². The van der Waals surface area contributed by atoms with Crippen molar-refractivity contribution < 1.29 is 0 Å². The Labute approximate surface area is 566 Å². The monoisotopic (exact) mass is 1250 g/mol. The summed E-state index contributed by atoms with van der Waals surface area (Å²) in [6.07, 6.45) is 0. The van der Waals surface area contributed by atoms with Crippen molar-refractivity contribution in [1.82, 2.24) is 24.1 Å². The van der Waals surface area contributed by atoms with Gasteiger partial charge in [-0.05, 0) is 205 Å². The number of hydrogen-bond donors (Lipinski definition) is 0. The minimum atomic E-state index is 0.433. The summed E-state index contributed by atoms with van der Waals surface area (Å²) in [4.78, 5) is 16.6. The first-order chi connectivity index (χ1) is 48.4. The zero-order chi connectivity index (χ0) is 65.6. The van der Waals surface area contributed by atoms with Crippen LogP contribution < -0.4 is 0 Å². The lowest BCUT2D eigenvalue weighted by Crippen LogP contribution is -2.04. The zero-order valence-electron chi connectivity index (χ0n) is 52.8. The molecule has 0 unspecified atom stereocenters. The van der Waals surface area contributed by atoms with Gasteiger partial charge in [0, 0.05) is 49.6 Å². The summed E-state index contributed by atoms with van der Waals surface area (Å²) in [6, 6.07) is 120. The van der Waals surface area contributed by atoms with E-state index in [1.807, 2.05) is 109 Å². The molecule has 14 aromatic carbocycles. The molecule has 8 heteroatoms. The SMILES string of the molecule is N#Cc1ccc(-c2cccc(-c3nc(-c4ccc(-n5c6ccc(-c7ccccc7)cc6c6cc(-c7ccccc7)ccc65)cc4-c4ccc(C#N)cc4)nc(-c4ccc(-n5c6ccc(-c7ccccc7)cc6c6cc(-c7ccccc7)ccc65)cc4-c4ccc(C#N)cc4)n3)c2)cc1. The number of benzene rings is 14. The van der Waals surface area contributed by atoms with Crippen molar-refractivity contribution in [1.29, 1.82) is 15.8 Å². The summed E-state index contributed by atoms with van der Waals surface area (Å²) in [6.45, 7) is 0. The molecule has 17 rings (SSSR count). The second-order valence-corrected chi connectivity index (χ2v) is 24.5. The van der Waals surface area contributed by atoms with E-state index in [2.05, 4.69) is 246 Å². The van der Waals surface area contributed by atoms with Gasteiger partial charge >= 0.3 is 0 Å². The first-order valence-corrected chi connectivity index (χ1v) is 32.5. The Morgan fingerprint density at radius 1 is 0.204 bits per heavy atom. The van der Waals surface area contributed by atoms with Gasteiger partial charge in [0.05, 0.1) is 57.0 Å². The van der Waals surface area contributed by atoms with Crippen LogP contribution in [-0.2, 0) is 0 Å². The Morgan fingerprint density at radius 2 is 0.480 bits per heavy atom. The molecular formula is C90H54N8. The van der Waals surface area contributed by atoms with Gasteiger partial charge in [-0.25, -0.2) is 15.0 Å². The van der Waals surface area contributed by atoms with Crippen molar-refractivity contribution in [2.24, 2.45) is 0 Å². The second kappa shape index (κ2) is 24.6. The van der Waals surface area contributed by atoms with Gasteiger partial charge in [0.2, 0.25) is 0 Å². The van der Waals surface area contributed by atoms with E-state index in [1.54, 1.807) is 0 Å². The van der Waals surface area contributed by atoms with Crippen LogP contribution >= 0.6 is 0 Å². The minimum Gasteiger partial charge on any atom is -0.309 e. The van der Waals surface area contributed by atoms with Crippen molar-refractivity contribution in [3.63, 3.8) is 0 Å². The first kappa shape index (κ1) is 58.0. The molecule has 3 aromatic heterocycles. The standard InChI is InChI=1S/C90H54N8/c91-55-58-24-30-65(31-25-58)68-22-13-23-73(48-68)88-94-89(76-42-40-74(53-78(76)66-32-26-59(56-92)27-33-66)97-84-44-36-69(61-14-5-1-6-15-61)49-80(84)81-50-70(37-45-85(81)97)62-16-7-2-8-17-62)96-90(95-88)77-43-41-75(54-79(77)67-34-28-60(57-93)29-35-67)98-86-46-38-71(63-18-9-3-10-19-63)51-82(86)83-52-72(39-47-87(83)98)64-20-11-4-12-21-64/h1-54H. The molecule has 3 heterocycles. The predicted octanol–water partition coefficient (Wildman–Crippen LogP) is 22.4. The van der Waals surface area contributed by atoms with Crippen molar-refractivity contribution in [3.05, 3.63) is 344 Å². The van der Waals surface area contributed by atoms with Crippen LogP contribution in [0.3, 0.4) is 0 Å². The molecule has 0 bridgehead atoms. The van der Waals surface area contributed by atoms with Crippen LogP contribution in [0.1, 0.15) is 16.7 Å². The first-order valence-electron chi connectivity index (χ1n) is 32.5. The molecule has 0 radical (unpaired) electrons. The van der Waals surface area contributed by atoms with E-state index in [4.69, 9.17) is 15.0 Å². The quantitative estimate of drug-likeness (QED) is 0.120. The zero-order valence-corrected chi connectivity index (χ0v) is 52.8. The number of aromatic nitrogens is 5. The number of hydrogen-bond acceptors (Lipinski definition) is 6. The molecule has 0 spiro atoms. The van der Waals surface area contributed by atoms with E-state index in [0.29, 0.717) is 34.2 Å². The maximum Gasteiger partial charge on any atom is 0.164 e. The minimum absolute atomic E-state index is 0.433. The molecule has 0 aliphatic carbocycles. The fourth-order valence-corrected chi connectivity index (χ4v) is 13.8. The fraction of sp³-hybridized carbons (Fsp3) is 0. The van der Waals surface area contributed by atoms with Gasteiger partial charge in [-0.1, -0.05) is 200 Å². The lowest BCUT2D eigenvalue weighted by molar-refractivity contribution is 1.07. The molecule has 0 saturated heterocycles. The van der Waals surface area contributed by atoms with Gasteiger partial charge in [0.25, 0.3) is 0 Å². The van der Waals surface area contributed by atoms with Crippen molar-refractivity contribution in [2.75, 3.05) is 0 Å². The second-order valence-electron chi connectivity index (χ2n) is 24.5. The molecule has 0 N–H and O–H groups in total. The summed E-state index contributed by atoms with van der Waals surface area (Å²) < 4.78 is 4.69. The molecule has 8 nitrogen and oxygen atoms in total. The van der Waals surface area contributed by atoms with Gasteiger partial charge in [-0.2, -0.15) is 15.8 Å². The Kier molecular flexibility index (Phi) is 14.5. The van der Waals surface area contributed by atoms with Crippen LogP contribution in [0.25, 0.3) is 167 Å². The highest BCUT2D eigenvalue weighted by atomic mass is 15.0. The van der Waals surface area contributed by atoms with E-state index < -0.39 is 0 Å². The third kappa shape index (κ3) is 10.6. The Morgan fingerprint density at radius 3 is 0.816 bits per heavy atom. The molecule has 98 heavy (non-hydrogen) atoms. The van der Waals surface area contributed by atoms with Crippen LogP contribution in [0.2, 0.25) is 0 Å². The number of fused-ring (bicyclic) bond motifs is 6. The molecule has 0 saturated carbocycles.